The minimum Gasteiger partial charge on any atom is -0.367 e. The van der Waals surface area contributed by atoms with E-state index in [-0.39, 0.29) is 5.91 Å². The van der Waals surface area contributed by atoms with Gasteiger partial charge in [0.25, 0.3) is 5.91 Å². The monoisotopic (exact) mass is 387 g/mol. The molecule has 0 bridgehead atoms. The summed E-state index contributed by atoms with van der Waals surface area (Å²) in [6.07, 6.45) is 6.93. The average molecular weight is 387 g/mol. The molecule has 0 unspecified atom stereocenters. The highest BCUT2D eigenvalue weighted by Gasteiger charge is 2.29. The lowest BCUT2D eigenvalue weighted by Gasteiger charge is -2.29. The summed E-state index contributed by atoms with van der Waals surface area (Å²) in [7, 11) is 0. The Balaban J connectivity index is 1.58. The zero-order valence-electron chi connectivity index (χ0n) is 17.1. The summed E-state index contributed by atoms with van der Waals surface area (Å²) in [6.45, 7) is 8.57. The van der Waals surface area contributed by atoms with Crippen LogP contribution in [-0.2, 0) is 11.3 Å². The first-order valence-corrected chi connectivity index (χ1v) is 9.67. The van der Waals surface area contributed by atoms with Crippen molar-refractivity contribution in [1.82, 2.24) is 20.6 Å². The summed E-state index contributed by atoms with van der Waals surface area (Å²) < 4.78 is 0. The van der Waals surface area contributed by atoms with Crippen molar-refractivity contribution in [3.05, 3.63) is 65.1 Å². The fourth-order valence-electron chi connectivity index (χ4n) is 3.65. The molecule has 6 heteroatoms. The smallest absolute Gasteiger partial charge is 0.251 e. The van der Waals surface area contributed by atoms with E-state index in [2.05, 4.69) is 51.6 Å². The molecule has 0 spiro atoms. The lowest BCUT2D eigenvalue weighted by atomic mass is 9.93. The highest BCUT2D eigenvalue weighted by molar-refractivity contribution is 5.97. The minimum atomic E-state index is -0.441. The largest absolute Gasteiger partial charge is 0.367 e. The number of amides is 1. The second-order valence-electron chi connectivity index (χ2n) is 7.97. The topological polar surface area (TPSA) is 82.2 Å². The fraction of sp³-hybridized carbons (Fsp3) is 0.261. The third-order valence-corrected chi connectivity index (χ3v) is 5.51. The maximum absolute atomic E-state index is 12.6. The van der Waals surface area contributed by atoms with Gasteiger partial charge in [-0.3, -0.25) is 9.78 Å². The Hall–Kier alpha value is -3.41. The molecular formula is C23H25N5O. The zero-order valence-corrected chi connectivity index (χ0v) is 17.1. The van der Waals surface area contributed by atoms with Gasteiger partial charge in [-0.25, -0.2) is 4.99 Å². The number of aryl methyl sites for hydroxylation is 2. The van der Waals surface area contributed by atoms with E-state index in [1.54, 1.807) is 12.5 Å². The average Bonchev–Trinajstić information content (AvgIpc) is 3.02. The van der Waals surface area contributed by atoms with Crippen LogP contribution in [0.3, 0.4) is 0 Å². The molecule has 0 saturated heterocycles. The van der Waals surface area contributed by atoms with E-state index >= 15 is 0 Å². The Morgan fingerprint density at radius 2 is 2.03 bits per heavy atom. The normalized spacial score (nSPS) is 15.1. The third-order valence-electron chi connectivity index (χ3n) is 5.51. The molecule has 0 saturated carbocycles. The summed E-state index contributed by atoms with van der Waals surface area (Å²) in [6, 6.07) is 8.25. The fourth-order valence-corrected chi connectivity index (χ4v) is 3.65. The molecule has 0 fully saturated rings. The van der Waals surface area contributed by atoms with Gasteiger partial charge in [-0.1, -0.05) is 6.07 Å². The van der Waals surface area contributed by atoms with Gasteiger partial charge in [0.15, 0.2) is 0 Å². The van der Waals surface area contributed by atoms with E-state index in [9.17, 15) is 4.79 Å². The van der Waals surface area contributed by atoms with Gasteiger partial charge in [0.2, 0.25) is 0 Å². The standard InChI is InChI=1S/C23H25N5O/c1-14-7-8-24-11-18(14)21-15(2)17-9-16(5-6-20(17)28-21)10-26-22(29)19-12-25-13-27-23(19,3)4/h5-9,11-13,28H,10H2,1-4H3,(H,25,27)(H,26,29). The van der Waals surface area contributed by atoms with Gasteiger partial charge < -0.3 is 15.6 Å². The Labute approximate surface area is 170 Å². The van der Waals surface area contributed by atoms with Crippen LogP contribution in [0, 0.1) is 13.8 Å². The molecule has 6 nitrogen and oxygen atoms in total. The van der Waals surface area contributed by atoms with Crippen molar-refractivity contribution in [2.75, 3.05) is 0 Å². The van der Waals surface area contributed by atoms with Gasteiger partial charge >= 0.3 is 0 Å². The second-order valence-corrected chi connectivity index (χ2v) is 7.97. The van der Waals surface area contributed by atoms with Gasteiger partial charge in [0.1, 0.15) is 0 Å². The molecule has 1 amide bonds. The molecule has 0 aliphatic carbocycles. The van der Waals surface area contributed by atoms with E-state index in [0.29, 0.717) is 12.1 Å². The SMILES string of the molecule is Cc1ccncc1-c1[nH]c2ccc(CNC(=O)C3=CN=CNC3(C)C)cc2c1C. The summed E-state index contributed by atoms with van der Waals surface area (Å²) >= 11 is 0. The molecule has 148 valence electrons. The van der Waals surface area contributed by atoms with Crippen LogP contribution >= 0.6 is 0 Å². The zero-order chi connectivity index (χ0) is 20.6. The third kappa shape index (κ3) is 3.53. The highest BCUT2D eigenvalue weighted by atomic mass is 16.1. The number of aliphatic imine (C=N–C) groups is 1. The number of aromatic nitrogens is 2. The van der Waals surface area contributed by atoms with Crippen LogP contribution in [0.5, 0.6) is 0 Å². The summed E-state index contributed by atoms with van der Waals surface area (Å²) in [4.78, 5) is 24.5. The quantitative estimate of drug-likeness (QED) is 0.637. The number of carbonyl (C=O) groups is 1. The number of aromatic amines is 1. The van der Waals surface area contributed by atoms with Crippen LogP contribution in [0.4, 0.5) is 0 Å². The van der Waals surface area contributed by atoms with Crippen molar-refractivity contribution in [3.8, 4) is 11.3 Å². The van der Waals surface area contributed by atoms with Gasteiger partial charge in [0, 0.05) is 41.6 Å². The Morgan fingerprint density at radius 3 is 2.79 bits per heavy atom. The second kappa shape index (κ2) is 7.20. The van der Waals surface area contributed by atoms with E-state index in [1.165, 1.54) is 11.1 Å². The predicted molar refractivity (Wildman–Crippen MR) is 117 cm³/mol. The van der Waals surface area contributed by atoms with Gasteiger partial charge in [-0.2, -0.15) is 0 Å². The van der Waals surface area contributed by atoms with Crippen molar-refractivity contribution in [2.24, 2.45) is 4.99 Å². The highest BCUT2D eigenvalue weighted by Crippen LogP contribution is 2.31. The summed E-state index contributed by atoms with van der Waals surface area (Å²) in [5, 5.41) is 7.28. The van der Waals surface area contributed by atoms with Crippen LogP contribution in [0.2, 0.25) is 0 Å². The van der Waals surface area contributed by atoms with Crippen molar-refractivity contribution >= 4 is 23.1 Å². The number of pyridine rings is 1. The number of benzene rings is 1. The Kier molecular flexibility index (Phi) is 4.70. The molecule has 3 N–H and O–H groups in total. The lowest BCUT2D eigenvalue weighted by molar-refractivity contribution is -0.118. The molecule has 2 aromatic heterocycles. The van der Waals surface area contributed by atoms with Gasteiger partial charge in [-0.15, -0.1) is 0 Å². The number of hydrogen-bond acceptors (Lipinski definition) is 4. The molecule has 4 rings (SSSR count). The molecule has 1 aromatic carbocycles. The number of nitrogens with zero attached hydrogens (tertiary/aromatic N) is 2. The van der Waals surface area contributed by atoms with Gasteiger partial charge in [-0.05, 0) is 62.6 Å². The number of nitrogens with one attached hydrogen (secondary N) is 3. The van der Waals surface area contributed by atoms with E-state index in [1.807, 2.05) is 38.4 Å². The van der Waals surface area contributed by atoms with Gasteiger partial charge in [0.05, 0.1) is 23.1 Å². The van der Waals surface area contributed by atoms with Crippen LogP contribution in [0.1, 0.15) is 30.5 Å². The van der Waals surface area contributed by atoms with Crippen LogP contribution in [0.15, 0.2) is 53.4 Å². The number of H-pyrrole nitrogens is 1. The molecular weight excluding hydrogens is 362 g/mol. The number of rotatable bonds is 4. The number of fused-ring (bicyclic) bond motifs is 1. The molecule has 29 heavy (non-hydrogen) atoms. The van der Waals surface area contributed by atoms with E-state index < -0.39 is 5.54 Å². The molecule has 1 aliphatic heterocycles. The van der Waals surface area contributed by atoms with Crippen molar-refractivity contribution in [2.45, 2.75) is 39.8 Å². The van der Waals surface area contributed by atoms with Crippen LogP contribution < -0.4 is 10.6 Å². The maximum Gasteiger partial charge on any atom is 0.251 e. The first-order chi connectivity index (χ1) is 13.9. The molecule has 3 heterocycles. The van der Waals surface area contributed by atoms with E-state index in [0.717, 1.165) is 27.7 Å². The number of hydrogen-bond donors (Lipinski definition) is 3. The Morgan fingerprint density at radius 1 is 1.21 bits per heavy atom. The molecule has 0 radical (unpaired) electrons. The summed E-state index contributed by atoms with van der Waals surface area (Å²) in [5.41, 5.74) is 6.86. The van der Waals surface area contributed by atoms with Crippen molar-refractivity contribution in [3.63, 3.8) is 0 Å². The first-order valence-electron chi connectivity index (χ1n) is 9.67. The van der Waals surface area contributed by atoms with Crippen LogP contribution in [-0.4, -0.2) is 27.8 Å². The Bertz CT molecular complexity index is 1150. The van der Waals surface area contributed by atoms with Crippen LogP contribution in [0.25, 0.3) is 22.2 Å². The predicted octanol–water partition coefficient (Wildman–Crippen LogP) is 3.76. The molecule has 3 aromatic rings. The number of carbonyl (C=O) groups excluding carboxylic acids is 1. The maximum atomic E-state index is 12.6. The van der Waals surface area contributed by atoms with E-state index in [4.69, 9.17) is 0 Å². The summed E-state index contributed by atoms with van der Waals surface area (Å²) in [5.74, 6) is -0.114. The molecule has 0 atom stereocenters. The van der Waals surface area contributed by atoms with Crippen molar-refractivity contribution < 1.29 is 4.79 Å². The first kappa shape index (κ1) is 18.9. The lowest BCUT2D eigenvalue weighted by Crippen LogP contribution is -2.47. The molecule has 1 aliphatic rings. The van der Waals surface area contributed by atoms with Crippen molar-refractivity contribution in [1.29, 1.82) is 0 Å². The minimum absolute atomic E-state index is 0.114.